The fraction of sp³-hybridized carbons (Fsp3) is 0.333. The van der Waals surface area contributed by atoms with Crippen LogP contribution >= 0.6 is 0 Å². The summed E-state index contributed by atoms with van der Waals surface area (Å²) in [6.07, 6.45) is 6.68. The molecule has 3 aromatic rings. The maximum Gasteiger partial charge on any atom is 0.317 e. The van der Waals surface area contributed by atoms with Crippen LogP contribution in [0, 0.1) is 6.92 Å². The van der Waals surface area contributed by atoms with Gasteiger partial charge in [0.15, 0.2) is 12.4 Å². The number of aromatic nitrogens is 6. The zero-order chi connectivity index (χ0) is 19.3. The lowest BCUT2D eigenvalue weighted by Gasteiger charge is -2.35. The third-order valence-corrected chi connectivity index (χ3v) is 4.43. The summed E-state index contributed by atoms with van der Waals surface area (Å²) in [5, 5.41) is 4.19. The van der Waals surface area contributed by atoms with E-state index in [9.17, 15) is 4.79 Å². The third kappa shape index (κ3) is 4.05. The Morgan fingerprint density at radius 1 is 1.11 bits per heavy atom. The average Bonchev–Trinajstić information content (AvgIpc) is 3.27. The van der Waals surface area contributed by atoms with E-state index in [2.05, 4.69) is 29.9 Å². The molecular weight excluding hydrogens is 360 g/mol. The van der Waals surface area contributed by atoms with Crippen molar-refractivity contribution in [2.24, 2.45) is 0 Å². The molecule has 0 spiro atoms. The average molecular weight is 380 g/mol. The molecule has 0 unspecified atom stereocenters. The Balaban J connectivity index is 1.32. The number of rotatable bonds is 5. The Morgan fingerprint density at radius 2 is 1.93 bits per heavy atom. The number of anilines is 1. The van der Waals surface area contributed by atoms with E-state index in [-0.39, 0.29) is 18.5 Å². The molecule has 1 amide bonds. The molecule has 1 fully saturated rings. The fourth-order valence-corrected chi connectivity index (χ4v) is 2.94. The zero-order valence-electron chi connectivity index (χ0n) is 15.5. The monoisotopic (exact) mass is 380 g/mol. The molecule has 0 N–H and O–H groups in total. The van der Waals surface area contributed by atoms with E-state index in [0.717, 1.165) is 11.5 Å². The number of nitrogens with zero attached hydrogens (tertiary/aromatic N) is 8. The number of hydrogen-bond donors (Lipinski definition) is 0. The van der Waals surface area contributed by atoms with Gasteiger partial charge in [0.05, 0.1) is 0 Å². The van der Waals surface area contributed by atoms with Gasteiger partial charge >= 0.3 is 6.01 Å². The number of piperazine rings is 1. The second-order valence-electron chi connectivity index (χ2n) is 6.32. The second-order valence-corrected chi connectivity index (χ2v) is 6.32. The van der Waals surface area contributed by atoms with Crippen molar-refractivity contribution in [3.8, 4) is 11.8 Å². The molecule has 4 heterocycles. The molecule has 0 saturated carbocycles. The predicted octanol–water partition coefficient (Wildman–Crippen LogP) is 0.488. The van der Waals surface area contributed by atoms with Crippen molar-refractivity contribution < 1.29 is 9.53 Å². The van der Waals surface area contributed by atoms with Gasteiger partial charge in [-0.1, -0.05) is 0 Å². The Kier molecular flexibility index (Phi) is 5.09. The highest BCUT2D eigenvalue weighted by Crippen LogP contribution is 2.16. The topological polar surface area (TPSA) is 102 Å². The fourth-order valence-electron chi connectivity index (χ4n) is 2.94. The highest BCUT2D eigenvalue weighted by atomic mass is 16.5. The van der Waals surface area contributed by atoms with E-state index < -0.39 is 0 Å². The lowest BCUT2D eigenvalue weighted by atomic mass is 10.3. The van der Waals surface area contributed by atoms with Gasteiger partial charge in [0.2, 0.25) is 0 Å². The van der Waals surface area contributed by atoms with Gasteiger partial charge in [-0.3, -0.25) is 4.79 Å². The first-order chi connectivity index (χ1) is 13.7. The molecule has 0 bridgehead atoms. The van der Waals surface area contributed by atoms with E-state index in [4.69, 9.17) is 4.74 Å². The molecule has 10 heteroatoms. The van der Waals surface area contributed by atoms with Crippen LogP contribution < -0.4 is 9.64 Å². The van der Waals surface area contributed by atoms with Crippen LogP contribution in [-0.4, -0.2) is 73.3 Å². The quantitative estimate of drug-likeness (QED) is 0.630. The molecule has 10 nitrogen and oxygen atoms in total. The van der Waals surface area contributed by atoms with Crippen LogP contribution in [0.25, 0.3) is 5.82 Å². The van der Waals surface area contributed by atoms with Crippen LogP contribution in [0.3, 0.4) is 0 Å². The molecule has 144 valence electrons. The second kappa shape index (κ2) is 7.99. The van der Waals surface area contributed by atoms with Gasteiger partial charge in [0, 0.05) is 56.5 Å². The smallest absolute Gasteiger partial charge is 0.317 e. The highest BCUT2D eigenvalue weighted by molar-refractivity contribution is 5.78. The van der Waals surface area contributed by atoms with E-state index in [1.54, 1.807) is 28.0 Å². The Morgan fingerprint density at radius 3 is 2.68 bits per heavy atom. The summed E-state index contributed by atoms with van der Waals surface area (Å²) >= 11 is 0. The molecular formula is C18H20N8O2. The van der Waals surface area contributed by atoms with Crippen molar-refractivity contribution in [1.82, 2.24) is 34.6 Å². The number of aryl methyl sites for hydroxylation is 1. The lowest BCUT2D eigenvalue weighted by molar-refractivity contribution is -0.133. The van der Waals surface area contributed by atoms with E-state index in [0.29, 0.717) is 32.0 Å². The number of amides is 1. The summed E-state index contributed by atoms with van der Waals surface area (Å²) in [5.74, 6) is 1.45. The highest BCUT2D eigenvalue weighted by Gasteiger charge is 2.23. The van der Waals surface area contributed by atoms with Crippen LogP contribution in [0.5, 0.6) is 6.01 Å². The number of carbonyl (C=O) groups is 1. The SMILES string of the molecule is Cc1ccnc(OCC(=O)N2CCN(c3cc(-n4cccn4)ncn3)CC2)n1. The molecule has 1 aliphatic heterocycles. The van der Waals surface area contributed by atoms with Gasteiger partial charge in [-0.2, -0.15) is 5.10 Å². The van der Waals surface area contributed by atoms with Crippen LogP contribution in [0.15, 0.2) is 43.1 Å². The molecule has 4 rings (SSSR count). The Bertz CT molecular complexity index is 938. The number of hydrogen-bond acceptors (Lipinski definition) is 8. The summed E-state index contributed by atoms with van der Waals surface area (Å²) in [7, 11) is 0. The minimum Gasteiger partial charge on any atom is -0.453 e. The summed E-state index contributed by atoms with van der Waals surface area (Å²) < 4.78 is 7.10. The Labute approximate surface area is 161 Å². The van der Waals surface area contributed by atoms with Crippen molar-refractivity contribution in [2.45, 2.75) is 6.92 Å². The largest absolute Gasteiger partial charge is 0.453 e. The molecule has 0 radical (unpaired) electrons. The zero-order valence-corrected chi connectivity index (χ0v) is 15.5. The van der Waals surface area contributed by atoms with Gasteiger partial charge in [0.25, 0.3) is 5.91 Å². The lowest BCUT2D eigenvalue weighted by Crippen LogP contribution is -2.50. The standard InChI is InChI=1S/C18H20N8O2/c1-14-3-5-19-18(23-14)28-12-17(27)25-9-7-24(8-10-25)15-11-16(21-13-20-15)26-6-2-4-22-26/h2-6,11,13H,7-10,12H2,1H3. The summed E-state index contributed by atoms with van der Waals surface area (Å²) in [4.78, 5) is 33.1. The first kappa shape index (κ1) is 17.8. The van der Waals surface area contributed by atoms with Crippen molar-refractivity contribution in [2.75, 3.05) is 37.7 Å². The van der Waals surface area contributed by atoms with Gasteiger partial charge in [-0.15, -0.1) is 0 Å². The molecule has 0 atom stereocenters. The third-order valence-electron chi connectivity index (χ3n) is 4.43. The molecule has 3 aromatic heterocycles. The van der Waals surface area contributed by atoms with Gasteiger partial charge in [-0.05, 0) is 19.1 Å². The minimum absolute atomic E-state index is 0.0690. The van der Waals surface area contributed by atoms with Gasteiger partial charge in [0.1, 0.15) is 12.1 Å². The molecule has 0 aromatic carbocycles. The first-order valence-corrected chi connectivity index (χ1v) is 8.96. The molecule has 1 saturated heterocycles. The normalized spacial score (nSPS) is 14.2. The minimum atomic E-state index is -0.0790. The van der Waals surface area contributed by atoms with Gasteiger partial charge in [-0.25, -0.2) is 24.6 Å². The summed E-state index contributed by atoms with van der Waals surface area (Å²) in [5.41, 5.74) is 0.797. The molecule has 1 aliphatic rings. The number of carbonyl (C=O) groups excluding carboxylic acids is 1. The van der Waals surface area contributed by atoms with E-state index in [1.807, 2.05) is 25.3 Å². The van der Waals surface area contributed by atoms with Crippen LogP contribution in [0.2, 0.25) is 0 Å². The van der Waals surface area contributed by atoms with Crippen LogP contribution in [0.1, 0.15) is 5.69 Å². The van der Waals surface area contributed by atoms with Crippen molar-refractivity contribution in [3.05, 3.63) is 48.8 Å². The maximum atomic E-state index is 12.4. The van der Waals surface area contributed by atoms with Crippen molar-refractivity contribution in [1.29, 1.82) is 0 Å². The van der Waals surface area contributed by atoms with E-state index >= 15 is 0 Å². The predicted molar refractivity (Wildman–Crippen MR) is 100 cm³/mol. The van der Waals surface area contributed by atoms with Crippen molar-refractivity contribution in [3.63, 3.8) is 0 Å². The Hall–Kier alpha value is -3.56. The summed E-state index contributed by atoms with van der Waals surface area (Å²) in [6, 6.07) is 5.73. The van der Waals surface area contributed by atoms with Crippen LogP contribution in [0.4, 0.5) is 5.82 Å². The molecule has 28 heavy (non-hydrogen) atoms. The first-order valence-electron chi connectivity index (χ1n) is 8.96. The van der Waals surface area contributed by atoms with Crippen LogP contribution in [-0.2, 0) is 4.79 Å². The number of ether oxygens (including phenoxy) is 1. The molecule has 0 aliphatic carbocycles. The van der Waals surface area contributed by atoms with E-state index in [1.165, 1.54) is 6.33 Å². The van der Waals surface area contributed by atoms with Gasteiger partial charge < -0.3 is 14.5 Å². The summed E-state index contributed by atoms with van der Waals surface area (Å²) in [6.45, 7) is 4.33. The maximum absolute atomic E-state index is 12.4. The van der Waals surface area contributed by atoms with Crippen molar-refractivity contribution >= 4 is 11.7 Å².